The van der Waals surface area contributed by atoms with Gasteiger partial charge in [-0.2, -0.15) is 0 Å². The highest BCUT2D eigenvalue weighted by atomic mass is 16.2. The molecule has 6 nitrogen and oxygen atoms in total. The average molecular weight is 399 g/mol. The number of terminal acetylenes is 1. The van der Waals surface area contributed by atoms with Crippen LogP contribution in [-0.2, 0) is 23.2 Å². The number of amides is 2. The van der Waals surface area contributed by atoms with E-state index in [1.54, 1.807) is 37.4 Å². The van der Waals surface area contributed by atoms with Crippen LogP contribution in [0.5, 0.6) is 0 Å². The number of aromatic nitrogens is 1. The zero-order valence-electron chi connectivity index (χ0n) is 16.5. The largest absolute Gasteiger partial charge is 0.350 e. The zero-order chi connectivity index (χ0) is 21.5. The molecule has 2 amide bonds. The van der Waals surface area contributed by atoms with E-state index < -0.39 is 17.9 Å². The smallest absolute Gasteiger partial charge is 0.303 e. The van der Waals surface area contributed by atoms with Crippen molar-refractivity contribution in [2.45, 2.75) is 12.6 Å². The van der Waals surface area contributed by atoms with Crippen LogP contribution in [0.4, 0.5) is 5.69 Å². The molecule has 0 saturated heterocycles. The Hall–Kier alpha value is -4.11. The molecule has 0 aliphatic carbocycles. The number of nitrogens with one attached hydrogen (secondary N) is 1. The van der Waals surface area contributed by atoms with E-state index in [-0.39, 0.29) is 17.8 Å². The highest BCUT2D eigenvalue weighted by Gasteiger charge is 2.32. The van der Waals surface area contributed by atoms with Gasteiger partial charge in [0.05, 0.1) is 5.69 Å². The summed E-state index contributed by atoms with van der Waals surface area (Å²) >= 11 is 0. The molecular weight excluding hydrogens is 378 g/mol. The third-order valence-electron chi connectivity index (χ3n) is 4.64. The number of rotatable bonds is 6. The van der Waals surface area contributed by atoms with Gasteiger partial charge >= 0.3 is 5.91 Å². The van der Waals surface area contributed by atoms with Crippen molar-refractivity contribution < 1.29 is 9.59 Å². The first-order chi connectivity index (χ1) is 14.5. The molecule has 0 saturated carbocycles. The van der Waals surface area contributed by atoms with Crippen molar-refractivity contribution in [2.24, 2.45) is 7.05 Å². The Balaban J connectivity index is 2.02. The van der Waals surface area contributed by atoms with Gasteiger partial charge in [-0.05, 0) is 23.1 Å². The van der Waals surface area contributed by atoms with Crippen LogP contribution < -0.4 is 15.8 Å². The third-order valence-corrected chi connectivity index (χ3v) is 4.64. The average Bonchev–Trinajstić information content (AvgIpc) is 2.78. The summed E-state index contributed by atoms with van der Waals surface area (Å²) in [6.07, 6.45) is 6.93. The van der Waals surface area contributed by atoms with Gasteiger partial charge in [0.1, 0.15) is 6.04 Å². The fraction of sp³-hybridized carbons (Fsp3) is 0.125. The van der Waals surface area contributed by atoms with E-state index in [4.69, 9.17) is 6.42 Å². The molecule has 0 radical (unpaired) electrons. The van der Waals surface area contributed by atoms with Gasteiger partial charge in [0, 0.05) is 25.9 Å². The quantitative estimate of drug-likeness (QED) is 0.647. The summed E-state index contributed by atoms with van der Waals surface area (Å²) in [5.41, 5.74) is 1.43. The molecule has 0 bridgehead atoms. The summed E-state index contributed by atoms with van der Waals surface area (Å²) in [6.45, 7) is 0.289. The van der Waals surface area contributed by atoms with Crippen molar-refractivity contribution >= 4 is 17.5 Å². The second kappa shape index (κ2) is 9.39. The van der Waals surface area contributed by atoms with E-state index in [2.05, 4.69) is 11.2 Å². The molecule has 0 fully saturated rings. The molecule has 0 aliphatic heterocycles. The van der Waals surface area contributed by atoms with Gasteiger partial charge in [0.2, 0.25) is 5.91 Å². The minimum absolute atomic E-state index is 0.254. The van der Waals surface area contributed by atoms with Gasteiger partial charge in [-0.3, -0.25) is 19.3 Å². The first kappa shape index (κ1) is 20.6. The molecule has 0 spiro atoms. The Bertz CT molecular complexity index is 1130. The van der Waals surface area contributed by atoms with E-state index in [9.17, 15) is 14.4 Å². The number of carbonyl (C=O) groups is 2. The maximum Gasteiger partial charge on any atom is 0.303 e. The maximum absolute atomic E-state index is 13.2. The second-order valence-corrected chi connectivity index (χ2v) is 6.67. The summed E-state index contributed by atoms with van der Waals surface area (Å²) < 4.78 is 1.37. The predicted octanol–water partition coefficient (Wildman–Crippen LogP) is 2.41. The van der Waals surface area contributed by atoms with Crippen LogP contribution in [0.2, 0.25) is 0 Å². The van der Waals surface area contributed by atoms with Crippen LogP contribution in [0.1, 0.15) is 17.2 Å². The Labute approximate surface area is 174 Å². The minimum atomic E-state index is -1.04. The van der Waals surface area contributed by atoms with E-state index >= 15 is 0 Å². The molecule has 1 heterocycles. The number of benzene rings is 2. The molecule has 150 valence electrons. The fourth-order valence-electron chi connectivity index (χ4n) is 3.08. The number of nitrogens with zero attached hydrogens (tertiary/aromatic N) is 2. The highest BCUT2D eigenvalue weighted by molar-refractivity contribution is 6.09. The van der Waals surface area contributed by atoms with E-state index in [0.29, 0.717) is 5.56 Å². The maximum atomic E-state index is 13.2. The lowest BCUT2D eigenvalue weighted by molar-refractivity contribution is -0.125. The lowest BCUT2D eigenvalue weighted by atomic mass is 10.0. The van der Waals surface area contributed by atoms with Crippen LogP contribution in [0.25, 0.3) is 0 Å². The summed E-state index contributed by atoms with van der Waals surface area (Å²) in [6, 6.07) is 20.1. The molecule has 3 aromatic rings. The van der Waals surface area contributed by atoms with Gasteiger partial charge in [0.15, 0.2) is 0 Å². The van der Waals surface area contributed by atoms with Crippen LogP contribution in [-0.4, -0.2) is 16.4 Å². The topological polar surface area (TPSA) is 71.4 Å². The number of hydrogen-bond acceptors (Lipinski definition) is 3. The molecule has 1 aromatic heterocycles. The SMILES string of the molecule is C#CC(=O)N(c1ccn(C)c(=O)c1)C(C(=O)NCc1ccccc1)c1ccccc1. The molecule has 30 heavy (non-hydrogen) atoms. The number of anilines is 1. The van der Waals surface area contributed by atoms with Gasteiger partial charge in [0.25, 0.3) is 5.56 Å². The number of pyridine rings is 1. The van der Waals surface area contributed by atoms with Gasteiger partial charge in [-0.1, -0.05) is 60.7 Å². The molecule has 1 unspecified atom stereocenters. The number of aryl methyl sites for hydroxylation is 1. The van der Waals surface area contributed by atoms with E-state index in [1.165, 1.54) is 21.7 Å². The minimum Gasteiger partial charge on any atom is -0.350 e. The van der Waals surface area contributed by atoms with Gasteiger partial charge in [-0.15, -0.1) is 6.42 Å². The molecular formula is C24H21N3O3. The lowest BCUT2D eigenvalue weighted by Gasteiger charge is -2.30. The molecule has 1 atom stereocenters. The summed E-state index contributed by atoms with van der Waals surface area (Å²) in [5.74, 6) is 0.951. The molecule has 1 N–H and O–H groups in total. The van der Waals surface area contributed by atoms with Crippen molar-refractivity contribution in [1.29, 1.82) is 0 Å². The summed E-state index contributed by atoms with van der Waals surface area (Å²) in [5, 5.41) is 2.87. The summed E-state index contributed by atoms with van der Waals surface area (Å²) in [4.78, 5) is 39.3. The Morgan fingerprint density at radius 1 is 1.07 bits per heavy atom. The molecule has 0 aliphatic rings. The molecule has 2 aromatic carbocycles. The summed E-state index contributed by atoms with van der Waals surface area (Å²) in [7, 11) is 1.60. The van der Waals surface area contributed by atoms with Crippen molar-refractivity contribution in [3.8, 4) is 12.3 Å². The van der Waals surface area contributed by atoms with E-state index in [0.717, 1.165) is 5.56 Å². The third kappa shape index (κ3) is 4.65. The van der Waals surface area contributed by atoms with E-state index in [1.807, 2.05) is 36.4 Å². The highest BCUT2D eigenvalue weighted by Crippen LogP contribution is 2.27. The second-order valence-electron chi connectivity index (χ2n) is 6.67. The number of hydrogen-bond donors (Lipinski definition) is 1. The van der Waals surface area contributed by atoms with Crippen molar-refractivity contribution in [3.63, 3.8) is 0 Å². The number of carbonyl (C=O) groups excluding carboxylic acids is 2. The monoisotopic (exact) mass is 399 g/mol. The van der Waals surface area contributed by atoms with Gasteiger partial charge < -0.3 is 9.88 Å². The Morgan fingerprint density at radius 2 is 1.70 bits per heavy atom. The van der Waals surface area contributed by atoms with Crippen molar-refractivity contribution in [2.75, 3.05) is 4.90 Å². The predicted molar refractivity (Wildman–Crippen MR) is 115 cm³/mol. The first-order valence-corrected chi connectivity index (χ1v) is 9.34. The van der Waals surface area contributed by atoms with Crippen LogP contribution >= 0.6 is 0 Å². The lowest BCUT2D eigenvalue weighted by Crippen LogP contribution is -2.43. The Kier molecular flexibility index (Phi) is 6.46. The van der Waals surface area contributed by atoms with Crippen LogP contribution in [0, 0.1) is 12.3 Å². The zero-order valence-corrected chi connectivity index (χ0v) is 16.5. The standard InChI is InChI=1S/C24H21N3O3/c1-3-21(28)27(20-14-15-26(2)22(29)16-20)23(19-12-8-5-9-13-19)24(30)25-17-18-10-6-4-7-11-18/h1,4-16,23H,17H2,2H3,(H,25,30). The molecule has 6 heteroatoms. The van der Waals surface area contributed by atoms with Crippen LogP contribution in [0.3, 0.4) is 0 Å². The van der Waals surface area contributed by atoms with Crippen molar-refractivity contribution in [1.82, 2.24) is 9.88 Å². The Morgan fingerprint density at radius 3 is 2.30 bits per heavy atom. The van der Waals surface area contributed by atoms with Crippen LogP contribution in [0.15, 0.2) is 83.8 Å². The molecule has 3 rings (SSSR count). The van der Waals surface area contributed by atoms with Gasteiger partial charge in [-0.25, -0.2) is 0 Å². The first-order valence-electron chi connectivity index (χ1n) is 9.34. The van der Waals surface area contributed by atoms with Crippen molar-refractivity contribution in [3.05, 3.63) is 100 Å². The normalized spacial score (nSPS) is 11.2. The fourth-order valence-corrected chi connectivity index (χ4v) is 3.08.